The molecule has 6 unspecified atom stereocenters. The van der Waals surface area contributed by atoms with Crippen molar-refractivity contribution in [2.24, 2.45) is 0 Å². The smallest absolute Gasteiger partial charge is 0.397 e. The van der Waals surface area contributed by atoms with Crippen molar-refractivity contribution in [2.45, 2.75) is 230 Å². The molecular weight excluding hydrogens is 837 g/mol. The van der Waals surface area contributed by atoms with Gasteiger partial charge in [-0.05, 0) is 77.0 Å². The zero-order valence-corrected chi connectivity index (χ0v) is 40.6. The number of carbonyl (C=O) groups is 1. The molecule has 1 fully saturated rings. The van der Waals surface area contributed by atoms with Crippen LogP contribution >= 0.6 is 0 Å². The number of esters is 1. The van der Waals surface area contributed by atoms with Crippen LogP contribution < -0.4 is 0 Å². The molecule has 0 amide bonds. The van der Waals surface area contributed by atoms with Crippen LogP contribution in [0.15, 0.2) is 60.8 Å². The number of aliphatic hydroxyl groups excluding tert-OH is 3. The number of hydrogen-bond acceptors (Lipinski definition) is 11. The first-order valence-corrected chi connectivity index (χ1v) is 26.4. The number of ether oxygens (including phenoxy) is 4. The molecule has 6 atom stereocenters. The molecule has 12 nitrogen and oxygen atoms in total. The minimum absolute atomic E-state index is 0.0233. The summed E-state index contributed by atoms with van der Waals surface area (Å²) in [6.45, 7) is 3.84. The summed E-state index contributed by atoms with van der Waals surface area (Å²) in [5.41, 5.74) is 0. The first kappa shape index (κ1) is 59.8. The van der Waals surface area contributed by atoms with E-state index in [1.807, 2.05) is 0 Å². The molecule has 0 aromatic rings. The molecule has 1 aliphatic heterocycles. The van der Waals surface area contributed by atoms with E-state index in [0.717, 1.165) is 83.5 Å². The second-order valence-electron chi connectivity index (χ2n) is 17.0. The van der Waals surface area contributed by atoms with Crippen LogP contribution in [0, 0.1) is 0 Å². The van der Waals surface area contributed by atoms with E-state index < -0.39 is 59.8 Å². The highest BCUT2D eigenvalue weighted by molar-refractivity contribution is 7.80. The summed E-state index contributed by atoms with van der Waals surface area (Å²) in [5, 5.41) is 30.7. The topological polar surface area (TPSA) is 178 Å². The Morgan fingerprint density at radius 3 is 1.58 bits per heavy atom. The number of unbranched alkanes of at least 4 members (excludes halogenated alkanes) is 20. The summed E-state index contributed by atoms with van der Waals surface area (Å²) in [4.78, 5) is 12.9. The van der Waals surface area contributed by atoms with E-state index in [1.165, 1.54) is 83.5 Å². The Morgan fingerprint density at radius 2 is 1.08 bits per heavy atom. The normalized spacial score (nSPS) is 20.2. The average molecular weight is 927 g/mol. The Hall–Kier alpha value is -2.20. The third-order valence-corrected chi connectivity index (χ3v) is 11.6. The summed E-state index contributed by atoms with van der Waals surface area (Å²) < 4.78 is 59.2. The lowest BCUT2D eigenvalue weighted by atomic mass is 9.99. The van der Waals surface area contributed by atoms with E-state index in [4.69, 9.17) is 18.9 Å². The first-order valence-electron chi connectivity index (χ1n) is 25.0. The zero-order chi connectivity index (χ0) is 46.8. The highest BCUT2D eigenvalue weighted by Gasteiger charge is 2.48. The first-order chi connectivity index (χ1) is 31.1. The van der Waals surface area contributed by atoms with Crippen molar-refractivity contribution < 1.29 is 56.2 Å². The lowest BCUT2D eigenvalue weighted by Crippen LogP contribution is -2.60. The largest absolute Gasteiger partial charge is 0.457 e. The summed E-state index contributed by atoms with van der Waals surface area (Å²) >= 11 is 0. The molecule has 1 heterocycles. The Labute approximate surface area is 388 Å². The molecule has 4 N–H and O–H groups in total. The van der Waals surface area contributed by atoms with Crippen molar-refractivity contribution in [3.05, 3.63) is 60.8 Å². The minimum Gasteiger partial charge on any atom is -0.457 e. The van der Waals surface area contributed by atoms with Crippen molar-refractivity contribution in [1.29, 1.82) is 0 Å². The summed E-state index contributed by atoms with van der Waals surface area (Å²) in [7, 11) is -5.07. The molecule has 13 heteroatoms. The summed E-state index contributed by atoms with van der Waals surface area (Å²) in [5.74, 6) is -0.410. The zero-order valence-electron chi connectivity index (χ0n) is 39.8. The Kier molecular flexibility index (Phi) is 39.4. The molecule has 372 valence electrons. The fraction of sp³-hybridized carbons (Fsp3) is 0.784. The summed E-state index contributed by atoms with van der Waals surface area (Å²) in [6.07, 6.45) is 43.9. The predicted octanol–water partition coefficient (Wildman–Crippen LogP) is 11.3. The molecular formula is C51H90O12S. The number of rotatable bonds is 43. The van der Waals surface area contributed by atoms with Crippen molar-refractivity contribution in [1.82, 2.24) is 0 Å². The van der Waals surface area contributed by atoms with Crippen LogP contribution in [-0.2, 0) is 38.3 Å². The number of aliphatic hydroxyl groups is 3. The standard InChI is InChI=1S/C51H90O12S/c1-3-5-7-9-11-13-15-17-19-21-22-23-24-25-26-28-30-32-34-36-38-40-47(53)61-45(44-60-51-49(55)50(63-64(56,57)58)48(54)46(42-52)62-51)43-59-41-39-37-35-33-31-29-27-20-18-16-14-12-10-8-6-4-2/h6,8,12,14-15,17-18,20-22,45-46,48-52,54-55H,3-5,7,9-11,13,16,19,23-44H2,1-2H3,(H,56,57,58)/b8-6-,14-12-,17-15-,20-18-,22-21-. The van der Waals surface area contributed by atoms with Crippen LogP contribution in [0.2, 0.25) is 0 Å². The van der Waals surface area contributed by atoms with E-state index in [1.54, 1.807) is 0 Å². The average Bonchev–Trinajstić information content (AvgIpc) is 3.27. The van der Waals surface area contributed by atoms with Gasteiger partial charge in [0.25, 0.3) is 0 Å². The van der Waals surface area contributed by atoms with E-state index in [0.29, 0.717) is 13.0 Å². The number of carbonyl (C=O) groups excluding carboxylic acids is 1. The Bertz CT molecular complexity index is 1350. The van der Waals surface area contributed by atoms with Crippen LogP contribution in [-0.4, -0.2) is 97.5 Å². The van der Waals surface area contributed by atoms with Gasteiger partial charge < -0.3 is 34.3 Å². The highest BCUT2D eigenvalue weighted by Crippen LogP contribution is 2.26. The predicted molar refractivity (Wildman–Crippen MR) is 257 cm³/mol. The van der Waals surface area contributed by atoms with Gasteiger partial charge >= 0.3 is 16.4 Å². The molecule has 1 aliphatic rings. The fourth-order valence-electron chi connectivity index (χ4n) is 7.36. The van der Waals surface area contributed by atoms with E-state index in [9.17, 15) is 33.1 Å². The molecule has 1 rings (SSSR count). The second-order valence-corrected chi connectivity index (χ2v) is 18.1. The maximum atomic E-state index is 12.9. The van der Waals surface area contributed by atoms with Crippen LogP contribution in [0.5, 0.6) is 0 Å². The van der Waals surface area contributed by atoms with E-state index >= 15 is 0 Å². The molecule has 0 aromatic carbocycles. The number of hydrogen-bond donors (Lipinski definition) is 4. The minimum atomic E-state index is -5.07. The highest BCUT2D eigenvalue weighted by atomic mass is 32.3. The SMILES string of the molecule is CC/C=C\C/C=C\C/C=C\CCCCCCCCOCC(COC1OC(CO)C(O)C(OS(=O)(=O)O)C1O)OC(=O)CCCCCCCCCCC/C=C\C/C=C\CCCCCCC. The van der Waals surface area contributed by atoms with Gasteiger partial charge in [-0.15, -0.1) is 0 Å². The molecule has 64 heavy (non-hydrogen) atoms. The van der Waals surface area contributed by atoms with Crippen molar-refractivity contribution in [3.8, 4) is 0 Å². The maximum Gasteiger partial charge on any atom is 0.397 e. The number of allylic oxidation sites excluding steroid dienone is 10. The Morgan fingerprint density at radius 1 is 0.609 bits per heavy atom. The van der Waals surface area contributed by atoms with Crippen LogP contribution in [0.4, 0.5) is 0 Å². The van der Waals surface area contributed by atoms with Crippen LogP contribution in [0.1, 0.15) is 194 Å². The lowest BCUT2D eigenvalue weighted by molar-refractivity contribution is -0.301. The van der Waals surface area contributed by atoms with Gasteiger partial charge in [-0.2, -0.15) is 8.42 Å². The van der Waals surface area contributed by atoms with Gasteiger partial charge in [0.05, 0.1) is 19.8 Å². The fourth-order valence-corrected chi connectivity index (χ4v) is 7.87. The van der Waals surface area contributed by atoms with Gasteiger partial charge in [0.15, 0.2) is 6.29 Å². The molecule has 0 spiro atoms. The molecule has 0 aliphatic carbocycles. The monoisotopic (exact) mass is 927 g/mol. The van der Waals surface area contributed by atoms with E-state index in [2.05, 4.69) is 78.8 Å². The van der Waals surface area contributed by atoms with Gasteiger partial charge in [0, 0.05) is 13.0 Å². The Balaban J connectivity index is 2.38. The van der Waals surface area contributed by atoms with Gasteiger partial charge in [0.1, 0.15) is 30.5 Å². The second kappa shape index (κ2) is 42.2. The van der Waals surface area contributed by atoms with Gasteiger partial charge in [-0.3, -0.25) is 9.35 Å². The lowest BCUT2D eigenvalue weighted by Gasteiger charge is -2.41. The van der Waals surface area contributed by atoms with Crippen LogP contribution in [0.3, 0.4) is 0 Å². The molecule has 0 aromatic heterocycles. The van der Waals surface area contributed by atoms with Crippen LogP contribution in [0.25, 0.3) is 0 Å². The molecule has 0 bridgehead atoms. The molecule has 0 radical (unpaired) electrons. The third-order valence-electron chi connectivity index (χ3n) is 11.1. The molecule has 0 saturated carbocycles. The van der Waals surface area contributed by atoms with Crippen molar-refractivity contribution in [3.63, 3.8) is 0 Å². The third kappa shape index (κ3) is 35.1. The maximum absolute atomic E-state index is 12.9. The van der Waals surface area contributed by atoms with E-state index in [-0.39, 0.29) is 19.6 Å². The van der Waals surface area contributed by atoms with Gasteiger partial charge in [-0.1, -0.05) is 171 Å². The quantitative estimate of drug-likeness (QED) is 0.0197. The van der Waals surface area contributed by atoms with Gasteiger partial charge in [-0.25, -0.2) is 4.18 Å². The summed E-state index contributed by atoms with van der Waals surface area (Å²) in [6, 6.07) is 0. The van der Waals surface area contributed by atoms with Crippen molar-refractivity contribution in [2.75, 3.05) is 26.4 Å². The molecule has 1 saturated heterocycles. The van der Waals surface area contributed by atoms with Gasteiger partial charge in [0.2, 0.25) is 0 Å². The van der Waals surface area contributed by atoms with Crippen molar-refractivity contribution >= 4 is 16.4 Å².